The number of rotatable bonds is 8. The van der Waals surface area contributed by atoms with Crippen LogP contribution in [0.15, 0.2) is 72.9 Å². The number of carbonyl (C=O) groups excluding carboxylic acids is 1. The standard InChI is InChI=1S/C26H27N3O3S/c1-4-18-11-8-12-21-22(16-27-24(18)21)26(30)25(19-9-6-5-7-10-19)28-20-14-13-17(2)23(15-20)29-33(3,31)32/h5-16,25,27-29H,4H2,1-3H3. The number of para-hydroxylation sites is 1. The van der Waals surface area contributed by atoms with Crippen molar-refractivity contribution in [1.82, 2.24) is 4.98 Å². The van der Waals surface area contributed by atoms with Gasteiger partial charge in [0, 0.05) is 28.4 Å². The van der Waals surface area contributed by atoms with E-state index in [1.807, 2.05) is 61.5 Å². The molecule has 0 saturated carbocycles. The molecule has 0 aliphatic heterocycles. The Hall–Kier alpha value is -3.58. The molecule has 0 fully saturated rings. The maximum atomic E-state index is 13.8. The number of Topliss-reactive ketones (excluding diaryl/α,β-unsaturated/α-hetero) is 1. The second kappa shape index (κ2) is 9.11. The van der Waals surface area contributed by atoms with Gasteiger partial charge in [0.1, 0.15) is 6.04 Å². The van der Waals surface area contributed by atoms with E-state index in [4.69, 9.17) is 0 Å². The Morgan fingerprint density at radius 2 is 1.79 bits per heavy atom. The number of carbonyl (C=O) groups is 1. The van der Waals surface area contributed by atoms with Crippen LogP contribution in [0.2, 0.25) is 0 Å². The first-order chi connectivity index (χ1) is 15.8. The SMILES string of the molecule is CCc1cccc2c(C(=O)C(Nc3ccc(C)c(NS(C)(=O)=O)c3)c3ccccc3)c[nH]c12. The van der Waals surface area contributed by atoms with Crippen LogP contribution in [0.3, 0.4) is 0 Å². The first-order valence-corrected chi connectivity index (χ1v) is 12.7. The average molecular weight is 462 g/mol. The molecule has 0 saturated heterocycles. The number of aromatic nitrogens is 1. The maximum absolute atomic E-state index is 13.8. The molecule has 0 aliphatic carbocycles. The van der Waals surface area contributed by atoms with Crippen molar-refractivity contribution in [2.24, 2.45) is 0 Å². The number of hydrogen-bond donors (Lipinski definition) is 3. The molecule has 0 radical (unpaired) electrons. The summed E-state index contributed by atoms with van der Waals surface area (Å²) in [5, 5.41) is 4.23. The first kappa shape index (κ1) is 22.6. The van der Waals surface area contributed by atoms with Gasteiger partial charge < -0.3 is 10.3 Å². The van der Waals surface area contributed by atoms with Gasteiger partial charge in [0.05, 0.1) is 11.9 Å². The van der Waals surface area contributed by atoms with Crippen LogP contribution in [-0.4, -0.2) is 25.4 Å². The molecule has 33 heavy (non-hydrogen) atoms. The molecule has 4 rings (SSSR count). The van der Waals surface area contributed by atoms with Crippen molar-refractivity contribution in [1.29, 1.82) is 0 Å². The smallest absolute Gasteiger partial charge is 0.229 e. The minimum atomic E-state index is -3.43. The second-order valence-corrected chi connectivity index (χ2v) is 9.90. The van der Waals surface area contributed by atoms with Gasteiger partial charge in [-0.05, 0) is 42.2 Å². The van der Waals surface area contributed by atoms with Crippen LogP contribution in [0.5, 0.6) is 0 Å². The summed E-state index contributed by atoms with van der Waals surface area (Å²) in [5.41, 5.74) is 5.47. The van der Waals surface area contributed by atoms with Gasteiger partial charge in [-0.2, -0.15) is 0 Å². The Morgan fingerprint density at radius 1 is 1.03 bits per heavy atom. The number of fused-ring (bicyclic) bond motifs is 1. The zero-order valence-corrected chi connectivity index (χ0v) is 19.7. The predicted octanol–water partition coefficient (Wildman–Crippen LogP) is 5.45. The number of aryl methyl sites for hydroxylation is 2. The number of sulfonamides is 1. The lowest BCUT2D eigenvalue weighted by Gasteiger charge is -2.20. The average Bonchev–Trinajstić information content (AvgIpc) is 3.23. The van der Waals surface area contributed by atoms with E-state index in [1.165, 1.54) is 0 Å². The molecule has 0 bridgehead atoms. The number of ketones is 1. The van der Waals surface area contributed by atoms with Gasteiger partial charge in [0.25, 0.3) is 0 Å². The van der Waals surface area contributed by atoms with Crippen LogP contribution in [0.25, 0.3) is 10.9 Å². The fraction of sp³-hybridized carbons (Fsp3) is 0.192. The second-order valence-electron chi connectivity index (χ2n) is 8.15. The maximum Gasteiger partial charge on any atom is 0.229 e. The Bertz CT molecular complexity index is 1410. The van der Waals surface area contributed by atoms with Crippen LogP contribution in [-0.2, 0) is 16.4 Å². The number of anilines is 2. The Kier molecular flexibility index (Phi) is 6.24. The summed E-state index contributed by atoms with van der Waals surface area (Å²) in [6.45, 7) is 3.92. The highest BCUT2D eigenvalue weighted by Gasteiger charge is 2.25. The van der Waals surface area contributed by atoms with Gasteiger partial charge in [-0.15, -0.1) is 0 Å². The van der Waals surface area contributed by atoms with E-state index in [9.17, 15) is 13.2 Å². The van der Waals surface area contributed by atoms with E-state index in [0.29, 0.717) is 16.9 Å². The number of nitrogens with one attached hydrogen (secondary N) is 3. The molecule has 3 aromatic carbocycles. The summed E-state index contributed by atoms with van der Waals surface area (Å²) in [6.07, 6.45) is 3.76. The molecule has 1 heterocycles. The number of hydrogen-bond acceptors (Lipinski definition) is 4. The third-order valence-electron chi connectivity index (χ3n) is 5.69. The summed E-state index contributed by atoms with van der Waals surface area (Å²) >= 11 is 0. The van der Waals surface area contributed by atoms with E-state index in [0.717, 1.165) is 40.3 Å². The fourth-order valence-corrected chi connectivity index (χ4v) is 4.62. The molecule has 0 amide bonds. The molecule has 3 N–H and O–H groups in total. The van der Waals surface area contributed by atoms with E-state index in [2.05, 4.69) is 28.0 Å². The number of aromatic amines is 1. The lowest BCUT2D eigenvalue weighted by atomic mass is 9.96. The fourth-order valence-electron chi connectivity index (χ4n) is 4.00. The van der Waals surface area contributed by atoms with Gasteiger partial charge in [0.15, 0.2) is 5.78 Å². The zero-order valence-electron chi connectivity index (χ0n) is 18.8. The molecule has 1 atom stereocenters. The molecular formula is C26H27N3O3S. The lowest BCUT2D eigenvalue weighted by molar-refractivity contribution is 0.0971. The van der Waals surface area contributed by atoms with Crippen molar-refractivity contribution in [2.75, 3.05) is 16.3 Å². The summed E-state index contributed by atoms with van der Waals surface area (Å²) in [7, 11) is -3.43. The molecule has 0 spiro atoms. The molecule has 1 unspecified atom stereocenters. The Morgan fingerprint density at radius 3 is 2.48 bits per heavy atom. The quantitative estimate of drug-likeness (QED) is 0.305. The highest BCUT2D eigenvalue weighted by atomic mass is 32.2. The Balaban J connectivity index is 1.75. The van der Waals surface area contributed by atoms with Crippen LogP contribution >= 0.6 is 0 Å². The van der Waals surface area contributed by atoms with E-state index in [1.54, 1.807) is 12.3 Å². The highest BCUT2D eigenvalue weighted by molar-refractivity contribution is 7.92. The molecule has 1 aromatic heterocycles. The molecule has 7 heteroatoms. The molecular weight excluding hydrogens is 434 g/mol. The molecule has 6 nitrogen and oxygen atoms in total. The number of H-pyrrole nitrogens is 1. The van der Waals surface area contributed by atoms with Gasteiger partial charge in [-0.25, -0.2) is 8.42 Å². The molecule has 4 aromatic rings. The lowest BCUT2D eigenvalue weighted by Crippen LogP contribution is -2.21. The van der Waals surface area contributed by atoms with Crippen LogP contribution in [0.1, 0.15) is 40.0 Å². The predicted molar refractivity (Wildman–Crippen MR) is 134 cm³/mol. The largest absolute Gasteiger partial charge is 0.371 e. The van der Waals surface area contributed by atoms with Crippen molar-refractivity contribution in [3.05, 3.63) is 95.2 Å². The first-order valence-electron chi connectivity index (χ1n) is 10.8. The van der Waals surface area contributed by atoms with Gasteiger partial charge >= 0.3 is 0 Å². The van der Waals surface area contributed by atoms with Crippen LogP contribution < -0.4 is 10.0 Å². The van der Waals surface area contributed by atoms with Crippen molar-refractivity contribution >= 4 is 38.1 Å². The van der Waals surface area contributed by atoms with Crippen molar-refractivity contribution in [3.63, 3.8) is 0 Å². The monoisotopic (exact) mass is 461 g/mol. The highest BCUT2D eigenvalue weighted by Crippen LogP contribution is 2.30. The normalized spacial score (nSPS) is 12.5. The minimum Gasteiger partial charge on any atom is -0.371 e. The van der Waals surface area contributed by atoms with E-state index < -0.39 is 16.1 Å². The topological polar surface area (TPSA) is 91.1 Å². The van der Waals surface area contributed by atoms with Gasteiger partial charge in [-0.3, -0.25) is 9.52 Å². The van der Waals surface area contributed by atoms with Crippen molar-refractivity contribution in [2.45, 2.75) is 26.3 Å². The van der Waals surface area contributed by atoms with Gasteiger partial charge in [-0.1, -0.05) is 61.5 Å². The van der Waals surface area contributed by atoms with E-state index in [-0.39, 0.29) is 5.78 Å². The summed E-state index contributed by atoms with van der Waals surface area (Å²) in [5.74, 6) is -0.0705. The summed E-state index contributed by atoms with van der Waals surface area (Å²) < 4.78 is 26.1. The summed E-state index contributed by atoms with van der Waals surface area (Å²) in [4.78, 5) is 17.1. The Labute approximate surface area is 194 Å². The third kappa shape index (κ3) is 4.93. The van der Waals surface area contributed by atoms with Gasteiger partial charge in [0.2, 0.25) is 10.0 Å². The van der Waals surface area contributed by atoms with E-state index >= 15 is 0 Å². The van der Waals surface area contributed by atoms with Crippen molar-refractivity contribution in [3.8, 4) is 0 Å². The molecule has 170 valence electrons. The molecule has 0 aliphatic rings. The third-order valence-corrected chi connectivity index (χ3v) is 6.28. The van der Waals surface area contributed by atoms with Crippen LogP contribution in [0, 0.1) is 6.92 Å². The zero-order chi connectivity index (χ0) is 23.6. The number of benzene rings is 3. The minimum absolute atomic E-state index is 0.0705. The van der Waals surface area contributed by atoms with Crippen LogP contribution in [0.4, 0.5) is 11.4 Å². The van der Waals surface area contributed by atoms with Crippen molar-refractivity contribution < 1.29 is 13.2 Å². The summed E-state index contributed by atoms with van der Waals surface area (Å²) in [6, 6.07) is 20.2.